The van der Waals surface area contributed by atoms with Crippen LogP contribution in [0.4, 0.5) is 0 Å². The van der Waals surface area contributed by atoms with Gasteiger partial charge in [-0.1, -0.05) is 46.5 Å². The lowest BCUT2D eigenvalue weighted by Gasteiger charge is -2.49. The van der Waals surface area contributed by atoms with Crippen LogP contribution in [0.15, 0.2) is 0 Å². The molecule has 0 amide bonds. The van der Waals surface area contributed by atoms with E-state index in [0.29, 0.717) is 5.41 Å². The minimum absolute atomic E-state index is 0.536. The Kier molecular flexibility index (Phi) is 4.75. The zero-order chi connectivity index (χ0) is 13.2. The van der Waals surface area contributed by atoms with Gasteiger partial charge in [0.05, 0.1) is 0 Å². The molecule has 0 saturated heterocycles. The van der Waals surface area contributed by atoms with E-state index in [1.165, 1.54) is 51.4 Å². The van der Waals surface area contributed by atoms with Crippen molar-refractivity contribution in [3.63, 3.8) is 0 Å². The van der Waals surface area contributed by atoms with E-state index >= 15 is 0 Å². The lowest BCUT2D eigenvalue weighted by atomic mass is 9.58. The van der Waals surface area contributed by atoms with Crippen LogP contribution in [0.5, 0.6) is 0 Å². The summed E-state index contributed by atoms with van der Waals surface area (Å²) in [6.07, 6.45) is 11.7. The van der Waals surface area contributed by atoms with Gasteiger partial charge in [0, 0.05) is 6.04 Å². The van der Waals surface area contributed by atoms with Gasteiger partial charge in [0.1, 0.15) is 0 Å². The summed E-state index contributed by atoms with van der Waals surface area (Å²) in [4.78, 5) is 0. The smallest absolute Gasteiger partial charge is 0.0100 e. The van der Waals surface area contributed by atoms with Gasteiger partial charge in [-0.3, -0.25) is 0 Å². The fourth-order valence-electron chi connectivity index (χ4n) is 4.74. The van der Waals surface area contributed by atoms with Gasteiger partial charge in [-0.2, -0.15) is 0 Å². The topological polar surface area (TPSA) is 12.0 Å². The molecule has 0 spiro atoms. The van der Waals surface area contributed by atoms with E-state index in [2.05, 4.69) is 33.1 Å². The minimum Gasteiger partial charge on any atom is -0.317 e. The maximum Gasteiger partial charge on any atom is 0.0100 e. The highest BCUT2D eigenvalue weighted by atomic mass is 14.9. The molecule has 1 heteroatoms. The Balaban J connectivity index is 2.06. The zero-order valence-corrected chi connectivity index (χ0v) is 13.0. The van der Waals surface area contributed by atoms with Crippen LogP contribution >= 0.6 is 0 Å². The molecule has 2 fully saturated rings. The molecule has 0 radical (unpaired) electrons. The van der Waals surface area contributed by atoms with Crippen molar-refractivity contribution in [1.29, 1.82) is 0 Å². The lowest BCUT2D eigenvalue weighted by molar-refractivity contribution is 0.0278. The Hall–Kier alpha value is -0.0400. The van der Waals surface area contributed by atoms with E-state index in [0.717, 1.165) is 23.8 Å². The third-order valence-electron chi connectivity index (χ3n) is 6.10. The molecule has 1 N–H and O–H groups in total. The molecule has 3 atom stereocenters. The van der Waals surface area contributed by atoms with Gasteiger partial charge in [0.2, 0.25) is 0 Å². The summed E-state index contributed by atoms with van der Waals surface area (Å²) in [6.45, 7) is 7.55. The monoisotopic (exact) mass is 251 g/mol. The van der Waals surface area contributed by atoms with E-state index in [4.69, 9.17) is 0 Å². The highest BCUT2D eigenvalue weighted by molar-refractivity contribution is 4.95. The highest BCUT2D eigenvalue weighted by Gasteiger charge is 2.42. The molecule has 0 aromatic carbocycles. The average molecular weight is 251 g/mol. The van der Waals surface area contributed by atoms with Gasteiger partial charge in [0.25, 0.3) is 0 Å². The summed E-state index contributed by atoms with van der Waals surface area (Å²) >= 11 is 0. The summed E-state index contributed by atoms with van der Waals surface area (Å²) in [7, 11) is 2.17. The summed E-state index contributed by atoms with van der Waals surface area (Å²) in [6, 6.07) is 0.755. The fraction of sp³-hybridized carbons (Fsp3) is 1.00. The van der Waals surface area contributed by atoms with E-state index in [-0.39, 0.29) is 0 Å². The molecule has 0 heterocycles. The first-order chi connectivity index (χ1) is 8.55. The average Bonchev–Trinajstić information content (AvgIpc) is 2.39. The minimum atomic E-state index is 0.536. The maximum absolute atomic E-state index is 3.63. The Bertz CT molecular complexity index is 252. The van der Waals surface area contributed by atoms with Crippen molar-refractivity contribution in [3.8, 4) is 0 Å². The molecule has 0 aromatic heterocycles. The van der Waals surface area contributed by atoms with Gasteiger partial charge in [-0.25, -0.2) is 0 Å². The summed E-state index contributed by atoms with van der Waals surface area (Å²) in [5.74, 6) is 2.78. The van der Waals surface area contributed by atoms with Crippen LogP contribution in [0.2, 0.25) is 0 Å². The Morgan fingerprint density at radius 3 is 2.22 bits per heavy atom. The molecule has 2 rings (SSSR count). The molecule has 2 aliphatic rings. The van der Waals surface area contributed by atoms with Crippen LogP contribution in [-0.4, -0.2) is 13.1 Å². The predicted octanol–water partition coefficient (Wildman–Crippen LogP) is 4.62. The molecule has 1 nitrogen and oxygen atoms in total. The molecule has 0 bridgehead atoms. The third kappa shape index (κ3) is 2.92. The van der Waals surface area contributed by atoms with Gasteiger partial charge in [-0.15, -0.1) is 0 Å². The second kappa shape index (κ2) is 5.94. The third-order valence-corrected chi connectivity index (χ3v) is 6.10. The van der Waals surface area contributed by atoms with Gasteiger partial charge < -0.3 is 5.32 Å². The number of rotatable bonds is 3. The highest BCUT2D eigenvalue weighted by Crippen LogP contribution is 2.48. The molecule has 0 aromatic rings. The number of nitrogens with one attached hydrogen (secondary N) is 1. The van der Waals surface area contributed by atoms with Crippen LogP contribution in [0.1, 0.15) is 72.1 Å². The molecular formula is C17H33N. The first-order valence-electron chi connectivity index (χ1n) is 8.23. The largest absolute Gasteiger partial charge is 0.317 e. The van der Waals surface area contributed by atoms with Crippen molar-refractivity contribution in [2.45, 2.75) is 78.2 Å². The molecule has 0 aliphatic heterocycles. The Morgan fingerprint density at radius 1 is 0.944 bits per heavy atom. The predicted molar refractivity (Wildman–Crippen MR) is 79.7 cm³/mol. The molecule has 106 valence electrons. The molecule has 2 saturated carbocycles. The normalized spacial score (nSPS) is 35.7. The lowest BCUT2D eigenvalue weighted by Crippen LogP contribution is -2.48. The quantitative estimate of drug-likeness (QED) is 0.772. The summed E-state index contributed by atoms with van der Waals surface area (Å²) in [5, 5.41) is 3.63. The van der Waals surface area contributed by atoms with Crippen molar-refractivity contribution < 1.29 is 0 Å². The van der Waals surface area contributed by atoms with Gasteiger partial charge in [-0.05, 0) is 55.9 Å². The molecule has 2 aliphatic carbocycles. The van der Waals surface area contributed by atoms with Gasteiger partial charge >= 0.3 is 0 Å². The molecular weight excluding hydrogens is 218 g/mol. The SMILES string of the molecule is CNC1CC(C)CCC1C(C)(C)C1CCCCC1. The standard InChI is InChI=1S/C17H33N/c1-13-10-11-15(16(12-13)18-4)17(2,3)14-8-6-5-7-9-14/h13-16,18H,5-12H2,1-4H3. The van der Waals surface area contributed by atoms with E-state index < -0.39 is 0 Å². The van der Waals surface area contributed by atoms with Gasteiger partial charge in [0.15, 0.2) is 0 Å². The van der Waals surface area contributed by atoms with Crippen molar-refractivity contribution in [2.24, 2.45) is 23.2 Å². The molecule has 3 unspecified atom stereocenters. The van der Waals surface area contributed by atoms with Crippen LogP contribution in [0.3, 0.4) is 0 Å². The fourth-order valence-corrected chi connectivity index (χ4v) is 4.74. The zero-order valence-electron chi connectivity index (χ0n) is 13.0. The van der Waals surface area contributed by atoms with Crippen molar-refractivity contribution in [2.75, 3.05) is 7.05 Å². The Labute approximate surface area is 114 Å². The summed E-state index contributed by atoms with van der Waals surface area (Å²) < 4.78 is 0. The van der Waals surface area contributed by atoms with Crippen molar-refractivity contribution in [3.05, 3.63) is 0 Å². The second-order valence-electron chi connectivity index (χ2n) is 7.58. The first kappa shape index (κ1) is 14.4. The van der Waals surface area contributed by atoms with E-state index in [1.807, 2.05) is 0 Å². The van der Waals surface area contributed by atoms with Crippen LogP contribution in [0, 0.1) is 23.2 Å². The molecule has 18 heavy (non-hydrogen) atoms. The van der Waals surface area contributed by atoms with Crippen molar-refractivity contribution >= 4 is 0 Å². The van der Waals surface area contributed by atoms with E-state index in [9.17, 15) is 0 Å². The number of hydrogen-bond acceptors (Lipinski definition) is 1. The Morgan fingerprint density at radius 2 is 1.61 bits per heavy atom. The first-order valence-corrected chi connectivity index (χ1v) is 8.23. The van der Waals surface area contributed by atoms with Crippen molar-refractivity contribution in [1.82, 2.24) is 5.32 Å². The van der Waals surface area contributed by atoms with Crippen LogP contribution in [-0.2, 0) is 0 Å². The van der Waals surface area contributed by atoms with E-state index in [1.54, 1.807) is 0 Å². The van der Waals surface area contributed by atoms with Crippen LogP contribution < -0.4 is 5.32 Å². The summed E-state index contributed by atoms with van der Waals surface area (Å²) in [5.41, 5.74) is 0.536. The maximum atomic E-state index is 3.63. The number of hydrogen-bond donors (Lipinski definition) is 1. The second-order valence-corrected chi connectivity index (χ2v) is 7.58. The van der Waals surface area contributed by atoms with Crippen LogP contribution in [0.25, 0.3) is 0 Å².